The van der Waals surface area contributed by atoms with Crippen LogP contribution in [0, 0.1) is 13.8 Å². The number of nitrogens with zero attached hydrogens (tertiary/aromatic N) is 2. The van der Waals surface area contributed by atoms with Gasteiger partial charge in [0, 0.05) is 36.4 Å². The lowest BCUT2D eigenvalue weighted by molar-refractivity contribution is 0.182. The van der Waals surface area contributed by atoms with Crippen LogP contribution < -0.4 is 10.6 Å². The first kappa shape index (κ1) is 20.3. The number of ether oxygens (including phenoxy) is 1. The first-order chi connectivity index (χ1) is 12.6. The predicted molar refractivity (Wildman–Crippen MR) is 106 cm³/mol. The Morgan fingerprint density at radius 2 is 2.00 bits per heavy atom. The van der Waals surface area contributed by atoms with Crippen LogP contribution in [0.25, 0.3) is 0 Å². The maximum Gasteiger partial charge on any atom is 0.315 e. The molecule has 0 atom stereocenters. The number of carbonyl (C=O) groups is 1. The van der Waals surface area contributed by atoms with Crippen molar-refractivity contribution in [1.29, 1.82) is 0 Å². The standard InChI is InChI=1S/C19H28N4O2S/c1-15-18(16(2)23(22-15)11-12-25-3)14-21-19(24)20-10-7-13-26-17-8-5-4-6-9-17/h4-6,8-9H,7,10-14H2,1-3H3,(H2,20,21,24). The fraction of sp³-hybridized carbons (Fsp3) is 0.474. The zero-order valence-corrected chi connectivity index (χ0v) is 16.6. The van der Waals surface area contributed by atoms with Gasteiger partial charge in [-0.2, -0.15) is 5.10 Å². The summed E-state index contributed by atoms with van der Waals surface area (Å²) < 4.78 is 7.02. The van der Waals surface area contributed by atoms with Crippen molar-refractivity contribution >= 4 is 17.8 Å². The maximum absolute atomic E-state index is 12.0. The summed E-state index contributed by atoms with van der Waals surface area (Å²) in [7, 11) is 1.68. The second kappa shape index (κ2) is 10.9. The zero-order valence-electron chi connectivity index (χ0n) is 15.7. The topological polar surface area (TPSA) is 68.2 Å². The van der Waals surface area contributed by atoms with E-state index in [1.54, 1.807) is 18.9 Å². The number of carbonyl (C=O) groups excluding carboxylic acids is 1. The molecule has 142 valence electrons. The summed E-state index contributed by atoms with van der Waals surface area (Å²) in [6.45, 7) is 6.47. The molecule has 0 fully saturated rings. The highest BCUT2D eigenvalue weighted by atomic mass is 32.2. The first-order valence-corrected chi connectivity index (χ1v) is 9.81. The fourth-order valence-corrected chi connectivity index (χ4v) is 3.47. The van der Waals surface area contributed by atoms with Crippen LogP contribution in [-0.4, -0.2) is 41.8 Å². The predicted octanol–water partition coefficient (Wildman–Crippen LogP) is 3.13. The third-order valence-electron chi connectivity index (χ3n) is 4.08. The number of aromatic nitrogens is 2. The van der Waals surface area contributed by atoms with Crippen LogP contribution in [0.5, 0.6) is 0 Å². The van der Waals surface area contributed by atoms with E-state index in [0.717, 1.165) is 29.1 Å². The van der Waals surface area contributed by atoms with Gasteiger partial charge < -0.3 is 15.4 Å². The van der Waals surface area contributed by atoms with E-state index in [-0.39, 0.29) is 6.03 Å². The average molecular weight is 377 g/mol. The lowest BCUT2D eigenvalue weighted by atomic mass is 10.2. The molecule has 6 nitrogen and oxygen atoms in total. The molecule has 0 saturated carbocycles. The van der Waals surface area contributed by atoms with Gasteiger partial charge >= 0.3 is 6.03 Å². The molecule has 0 aliphatic heterocycles. The van der Waals surface area contributed by atoms with Crippen LogP contribution in [0.3, 0.4) is 0 Å². The maximum atomic E-state index is 12.0. The van der Waals surface area contributed by atoms with Gasteiger partial charge in [0.25, 0.3) is 0 Å². The fourth-order valence-electron chi connectivity index (χ4n) is 2.60. The smallest absolute Gasteiger partial charge is 0.315 e. The van der Waals surface area contributed by atoms with Crippen molar-refractivity contribution < 1.29 is 9.53 Å². The minimum Gasteiger partial charge on any atom is -0.383 e. The summed E-state index contributed by atoms with van der Waals surface area (Å²) in [6, 6.07) is 10.1. The minimum absolute atomic E-state index is 0.141. The van der Waals surface area contributed by atoms with Crippen molar-refractivity contribution in [1.82, 2.24) is 20.4 Å². The number of nitrogens with one attached hydrogen (secondary N) is 2. The van der Waals surface area contributed by atoms with Crippen molar-refractivity contribution in [2.24, 2.45) is 0 Å². The summed E-state index contributed by atoms with van der Waals surface area (Å²) in [5.41, 5.74) is 3.08. The molecular weight excluding hydrogens is 348 g/mol. The van der Waals surface area contributed by atoms with E-state index in [9.17, 15) is 4.79 Å². The Morgan fingerprint density at radius 1 is 1.23 bits per heavy atom. The number of thioether (sulfide) groups is 1. The van der Waals surface area contributed by atoms with Crippen LogP contribution in [-0.2, 0) is 17.8 Å². The van der Waals surface area contributed by atoms with Crippen molar-refractivity contribution in [3.8, 4) is 0 Å². The Labute approximate surface area is 159 Å². The molecule has 0 saturated heterocycles. The van der Waals surface area contributed by atoms with E-state index < -0.39 is 0 Å². The molecule has 2 aromatic rings. The Kier molecular flexibility index (Phi) is 8.50. The van der Waals surface area contributed by atoms with E-state index in [4.69, 9.17) is 4.74 Å². The second-order valence-electron chi connectivity index (χ2n) is 5.99. The highest BCUT2D eigenvalue weighted by Crippen LogP contribution is 2.17. The van der Waals surface area contributed by atoms with Crippen LogP contribution in [0.4, 0.5) is 4.79 Å². The van der Waals surface area contributed by atoms with Gasteiger partial charge in [-0.3, -0.25) is 4.68 Å². The van der Waals surface area contributed by atoms with Gasteiger partial charge in [-0.1, -0.05) is 18.2 Å². The molecule has 7 heteroatoms. The number of urea groups is 1. The molecule has 1 heterocycles. The Morgan fingerprint density at radius 3 is 2.73 bits per heavy atom. The van der Waals surface area contributed by atoms with E-state index in [2.05, 4.69) is 27.9 Å². The molecular formula is C19H28N4O2S. The van der Waals surface area contributed by atoms with Crippen LogP contribution in [0.1, 0.15) is 23.4 Å². The Bertz CT molecular complexity index is 688. The molecule has 2 rings (SSSR count). The van der Waals surface area contributed by atoms with Gasteiger partial charge in [0.05, 0.1) is 18.8 Å². The van der Waals surface area contributed by atoms with Crippen molar-refractivity contribution in [3.05, 3.63) is 47.3 Å². The number of hydrogen-bond acceptors (Lipinski definition) is 4. The SMILES string of the molecule is COCCn1nc(C)c(CNC(=O)NCCCSc2ccccc2)c1C. The van der Waals surface area contributed by atoms with Crippen molar-refractivity contribution in [2.75, 3.05) is 26.0 Å². The number of rotatable bonds is 10. The van der Waals surface area contributed by atoms with Gasteiger partial charge in [0.1, 0.15) is 0 Å². The number of aryl methyl sites for hydroxylation is 1. The monoisotopic (exact) mass is 376 g/mol. The molecule has 0 bridgehead atoms. The molecule has 1 aromatic carbocycles. The molecule has 2 N–H and O–H groups in total. The molecule has 0 aliphatic rings. The summed E-state index contributed by atoms with van der Waals surface area (Å²) in [5.74, 6) is 0.981. The highest BCUT2D eigenvalue weighted by molar-refractivity contribution is 7.99. The van der Waals surface area contributed by atoms with Crippen molar-refractivity contribution in [2.45, 2.75) is 38.3 Å². The molecule has 2 amide bonds. The first-order valence-electron chi connectivity index (χ1n) is 8.83. The van der Waals surface area contributed by atoms with Crippen LogP contribution in [0.15, 0.2) is 35.2 Å². The van der Waals surface area contributed by atoms with Crippen LogP contribution in [0.2, 0.25) is 0 Å². The van der Waals surface area contributed by atoms with Gasteiger partial charge in [0.2, 0.25) is 0 Å². The molecule has 26 heavy (non-hydrogen) atoms. The average Bonchev–Trinajstić information content (AvgIpc) is 2.92. The lowest BCUT2D eigenvalue weighted by Gasteiger charge is -2.08. The Hall–Kier alpha value is -1.99. The summed E-state index contributed by atoms with van der Waals surface area (Å²) in [5, 5.41) is 10.3. The molecule has 0 radical (unpaired) electrons. The molecule has 0 spiro atoms. The zero-order chi connectivity index (χ0) is 18.8. The van der Waals surface area contributed by atoms with Gasteiger partial charge in [-0.05, 0) is 38.2 Å². The molecule has 1 aromatic heterocycles. The second-order valence-corrected chi connectivity index (χ2v) is 7.16. The number of amides is 2. The van der Waals surface area contributed by atoms with Gasteiger partial charge in [0.15, 0.2) is 0 Å². The van der Waals surface area contributed by atoms with E-state index in [1.807, 2.05) is 36.7 Å². The number of hydrogen-bond donors (Lipinski definition) is 2. The normalized spacial score (nSPS) is 10.7. The van der Waals surface area contributed by atoms with E-state index in [0.29, 0.717) is 26.2 Å². The molecule has 0 aliphatic carbocycles. The molecule has 0 unspecified atom stereocenters. The van der Waals surface area contributed by atoms with Crippen LogP contribution >= 0.6 is 11.8 Å². The van der Waals surface area contributed by atoms with E-state index >= 15 is 0 Å². The lowest BCUT2D eigenvalue weighted by Crippen LogP contribution is -2.35. The largest absolute Gasteiger partial charge is 0.383 e. The minimum atomic E-state index is -0.141. The quantitative estimate of drug-likeness (QED) is 0.494. The third kappa shape index (κ3) is 6.38. The number of methoxy groups -OCH3 is 1. The third-order valence-corrected chi connectivity index (χ3v) is 5.18. The van der Waals surface area contributed by atoms with E-state index in [1.165, 1.54) is 4.90 Å². The summed E-state index contributed by atoms with van der Waals surface area (Å²) in [4.78, 5) is 13.2. The van der Waals surface area contributed by atoms with Crippen molar-refractivity contribution in [3.63, 3.8) is 0 Å². The summed E-state index contributed by atoms with van der Waals surface area (Å²) >= 11 is 1.80. The highest BCUT2D eigenvalue weighted by Gasteiger charge is 2.12. The van der Waals surface area contributed by atoms with Gasteiger partial charge in [-0.15, -0.1) is 11.8 Å². The van der Waals surface area contributed by atoms with Gasteiger partial charge in [-0.25, -0.2) is 4.79 Å². The number of benzene rings is 1. The Balaban J connectivity index is 1.66. The summed E-state index contributed by atoms with van der Waals surface area (Å²) in [6.07, 6.45) is 0.931.